The first-order valence-electron chi connectivity index (χ1n) is 13.4. The highest BCUT2D eigenvalue weighted by Crippen LogP contribution is 2.37. The molecule has 2 aromatic rings. The van der Waals surface area contributed by atoms with Crippen molar-refractivity contribution in [2.24, 2.45) is 23.7 Å². The normalized spacial score (nSPS) is 23.1. The quantitative estimate of drug-likeness (QED) is 0.596. The van der Waals surface area contributed by atoms with Gasteiger partial charge in [0.15, 0.2) is 0 Å². The summed E-state index contributed by atoms with van der Waals surface area (Å²) in [6.45, 7) is 14.3. The lowest BCUT2D eigenvalue weighted by molar-refractivity contribution is -0.141. The lowest BCUT2D eigenvalue weighted by atomic mass is 9.78. The van der Waals surface area contributed by atoms with Gasteiger partial charge in [-0.05, 0) is 50.1 Å². The maximum Gasteiger partial charge on any atom is 0.257 e. The first-order chi connectivity index (χ1) is 17.3. The van der Waals surface area contributed by atoms with Crippen LogP contribution in [0, 0.1) is 37.5 Å². The van der Waals surface area contributed by atoms with Gasteiger partial charge in [0, 0.05) is 51.1 Å². The zero-order valence-electron chi connectivity index (χ0n) is 22.1. The average molecular weight is 490 g/mol. The molecule has 1 aromatic heterocycles. The molecule has 3 fully saturated rings. The van der Waals surface area contributed by atoms with Gasteiger partial charge in [0.2, 0.25) is 5.91 Å². The number of carbonyl (C=O) groups excluding carboxylic acids is 2. The molecule has 0 spiro atoms. The van der Waals surface area contributed by atoms with Gasteiger partial charge in [-0.15, -0.1) is 0 Å². The number of likely N-dealkylation sites (tertiary alicyclic amines) is 3. The van der Waals surface area contributed by atoms with Gasteiger partial charge in [0.25, 0.3) is 5.91 Å². The molecular weight excluding hydrogens is 450 g/mol. The molecule has 3 atom stereocenters. The number of hydrogen-bond acceptors (Lipinski definition) is 5. The first kappa shape index (κ1) is 24.9. The Bertz CT molecular complexity index is 1060. The molecule has 0 N–H and O–H groups in total. The van der Waals surface area contributed by atoms with Crippen LogP contribution in [0.5, 0.6) is 0 Å². The number of amides is 2. The number of nitrogens with zero attached hydrogens (tertiary/aromatic N) is 5. The van der Waals surface area contributed by atoms with Crippen molar-refractivity contribution in [2.45, 2.75) is 40.0 Å². The highest BCUT2D eigenvalue weighted by Gasteiger charge is 2.43. The molecule has 0 saturated carbocycles. The van der Waals surface area contributed by atoms with Crippen molar-refractivity contribution in [3.8, 4) is 0 Å². The van der Waals surface area contributed by atoms with E-state index in [-0.39, 0.29) is 17.7 Å². The number of hydrogen-bond donors (Lipinski definition) is 0. The second-order valence-corrected chi connectivity index (χ2v) is 11.4. The van der Waals surface area contributed by atoms with E-state index in [0.717, 1.165) is 63.6 Å². The monoisotopic (exact) mass is 489 g/mol. The average Bonchev–Trinajstić information content (AvgIpc) is 3.39. The second kappa shape index (κ2) is 10.3. The van der Waals surface area contributed by atoms with E-state index in [9.17, 15) is 9.59 Å². The van der Waals surface area contributed by atoms with Crippen LogP contribution in [0.2, 0.25) is 0 Å². The Morgan fingerprint density at radius 3 is 2.08 bits per heavy atom. The Balaban J connectivity index is 1.17. The maximum atomic E-state index is 13.2. The summed E-state index contributed by atoms with van der Waals surface area (Å²) in [5.41, 5.74) is 3.60. The van der Waals surface area contributed by atoms with Crippen molar-refractivity contribution >= 4 is 11.8 Å². The number of carbonyl (C=O) groups is 2. The molecule has 36 heavy (non-hydrogen) atoms. The largest absolute Gasteiger partial charge is 0.342 e. The smallest absolute Gasteiger partial charge is 0.257 e. The third kappa shape index (κ3) is 4.90. The van der Waals surface area contributed by atoms with Gasteiger partial charge in [0.1, 0.15) is 6.33 Å². The van der Waals surface area contributed by atoms with E-state index in [4.69, 9.17) is 0 Å². The van der Waals surface area contributed by atoms with Gasteiger partial charge in [-0.25, -0.2) is 9.97 Å². The number of aromatic nitrogens is 2. The molecule has 192 valence electrons. The molecule has 3 aliphatic heterocycles. The van der Waals surface area contributed by atoms with Crippen LogP contribution in [-0.4, -0.2) is 82.3 Å². The van der Waals surface area contributed by atoms with Crippen LogP contribution in [0.1, 0.15) is 53.5 Å². The van der Waals surface area contributed by atoms with Gasteiger partial charge in [-0.3, -0.25) is 9.59 Å². The predicted molar refractivity (Wildman–Crippen MR) is 140 cm³/mol. The van der Waals surface area contributed by atoms with Crippen molar-refractivity contribution < 1.29 is 9.59 Å². The molecule has 7 heteroatoms. The van der Waals surface area contributed by atoms with E-state index in [2.05, 4.69) is 45.2 Å². The fourth-order valence-corrected chi connectivity index (χ4v) is 6.51. The summed E-state index contributed by atoms with van der Waals surface area (Å²) in [5.74, 6) is 2.52. The van der Waals surface area contributed by atoms with Crippen LogP contribution in [-0.2, 0) is 4.79 Å². The summed E-state index contributed by atoms with van der Waals surface area (Å²) < 4.78 is 0. The molecule has 0 aliphatic carbocycles. The highest BCUT2D eigenvalue weighted by atomic mass is 16.2. The molecule has 4 heterocycles. The first-order valence-corrected chi connectivity index (χ1v) is 13.4. The summed E-state index contributed by atoms with van der Waals surface area (Å²) >= 11 is 0. The molecule has 7 nitrogen and oxygen atoms in total. The molecule has 5 rings (SSSR count). The predicted octanol–water partition coefficient (Wildman–Crippen LogP) is 3.39. The molecule has 3 saturated heterocycles. The van der Waals surface area contributed by atoms with Crippen LogP contribution < -0.4 is 0 Å². The Morgan fingerprint density at radius 1 is 0.889 bits per heavy atom. The van der Waals surface area contributed by atoms with Crippen LogP contribution in [0.4, 0.5) is 0 Å². The van der Waals surface area contributed by atoms with Crippen LogP contribution in [0.3, 0.4) is 0 Å². The second-order valence-electron chi connectivity index (χ2n) is 11.4. The lowest BCUT2D eigenvalue weighted by Gasteiger charge is -2.45. The fraction of sp³-hybridized carbons (Fsp3) is 0.586. The Hall–Kier alpha value is -2.80. The molecule has 3 unspecified atom stereocenters. The van der Waals surface area contributed by atoms with Crippen molar-refractivity contribution in [3.63, 3.8) is 0 Å². The minimum atomic E-state index is 0.0684. The number of aryl methyl sites for hydroxylation is 2. The van der Waals surface area contributed by atoms with E-state index in [0.29, 0.717) is 29.2 Å². The van der Waals surface area contributed by atoms with Crippen molar-refractivity contribution in [1.82, 2.24) is 24.7 Å². The van der Waals surface area contributed by atoms with Crippen LogP contribution >= 0.6 is 0 Å². The third-order valence-corrected chi connectivity index (χ3v) is 8.56. The van der Waals surface area contributed by atoms with Crippen molar-refractivity contribution in [2.75, 3.05) is 45.8 Å². The summed E-state index contributed by atoms with van der Waals surface area (Å²) in [7, 11) is 0. The van der Waals surface area contributed by atoms with Gasteiger partial charge in [-0.1, -0.05) is 44.2 Å². The Kier molecular flexibility index (Phi) is 7.11. The zero-order valence-corrected chi connectivity index (χ0v) is 22.1. The minimum absolute atomic E-state index is 0.0684. The van der Waals surface area contributed by atoms with Gasteiger partial charge >= 0.3 is 0 Å². The third-order valence-electron chi connectivity index (χ3n) is 8.56. The molecule has 1 aromatic carbocycles. The zero-order chi connectivity index (χ0) is 25.4. The molecule has 2 amide bonds. The standard InChI is InChI=1S/C29H39N5O2/c1-19(2)28(35)33-16-25(17-33)26(22-8-6-5-7-9-22)10-11-32-12-23-14-34(15-24(23)13-32)29(36)27-20(3)30-18-31-21(27)4/h5-9,18-19,23-26H,10-17H2,1-4H3. The lowest BCUT2D eigenvalue weighted by Crippen LogP contribution is -2.53. The van der Waals surface area contributed by atoms with Crippen molar-refractivity contribution in [1.29, 1.82) is 0 Å². The number of fused-ring (bicyclic) bond motifs is 1. The molecule has 3 aliphatic rings. The molecular formula is C29H39N5O2. The van der Waals surface area contributed by atoms with Crippen molar-refractivity contribution in [3.05, 3.63) is 59.2 Å². The van der Waals surface area contributed by atoms with Crippen LogP contribution in [0.15, 0.2) is 36.7 Å². The summed E-state index contributed by atoms with van der Waals surface area (Å²) in [6.07, 6.45) is 2.64. The summed E-state index contributed by atoms with van der Waals surface area (Å²) in [5, 5.41) is 0. The maximum absolute atomic E-state index is 13.2. The summed E-state index contributed by atoms with van der Waals surface area (Å²) in [6, 6.07) is 10.8. The van der Waals surface area contributed by atoms with E-state index in [1.165, 1.54) is 11.9 Å². The summed E-state index contributed by atoms with van der Waals surface area (Å²) in [4.78, 5) is 40.7. The topological polar surface area (TPSA) is 69.6 Å². The number of rotatable bonds is 7. The Labute approximate surface area is 214 Å². The van der Waals surface area contributed by atoms with E-state index in [1.807, 2.05) is 37.5 Å². The minimum Gasteiger partial charge on any atom is -0.342 e. The van der Waals surface area contributed by atoms with Gasteiger partial charge < -0.3 is 14.7 Å². The van der Waals surface area contributed by atoms with Crippen LogP contribution in [0.25, 0.3) is 0 Å². The van der Waals surface area contributed by atoms with Gasteiger partial charge in [-0.2, -0.15) is 0 Å². The van der Waals surface area contributed by atoms with E-state index in [1.54, 1.807) is 0 Å². The SMILES string of the molecule is Cc1ncnc(C)c1C(=O)N1CC2CN(CCC(c3ccccc3)C3CN(C(=O)C(C)C)C3)CC2C1. The fourth-order valence-electron chi connectivity index (χ4n) is 6.51. The van der Waals surface area contributed by atoms with Gasteiger partial charge in [0.05, 0.1) is 17.0 Å². The van der Waals surface area contributed by atoms with E-state index >= 15 is 0 Å². The highest BCUT2D eigenvalue weighted by molar-refractivity contribution is 5.96. The Morgan fingerprint density at radius 2 is 1.50 bits per heavy atom. The molecule has 0 radical (unpaired) electrons. The number of benzene rings is 1. The van der Waals surface area contributed by atoms with E-state index < -0.39 is 0 Å². The molecule has 0 bridgehead atoms.